The summed E-state index contributed by atoms with van der Waals surface area (Å²) in [7, 11) is 0. The lowest BCUT2D eigenvalue weighted by atomic mass is 10.2. The Labute approximate surface area is 68.8 Å². The van der Waals surface area contributed by atoms with Gasteiger partial charge in [0.2, 0.25) is 0 Å². The highest BCUT2D eigenvalue weighted by molar-refractivity contribution is 5.83. The first-order chi connectivity index (χ1) is 5.59. The van der Waals surface area contributed by atoms with Crippen molar-refractivity contribution in [2.75, 3.05) is 5.32 Å². The summed E-state index contributed by atoms with van der Waals surface area (Å²) >= 11 is 0. The molecule has 0 saturated heterocycles. The highest BCUT2D eigenvalue weighted by Crippen LogP contribution is 2.15. The number of anilines is 1. The lowest BCUT2D eigenvalue weighted by Crippen LogP contribution is -2.08. The highest BCUT2D eigenvalue weighted by atomic mass is 19.1. The molecular weight excluding hydrogens is 161 g/mol. The number of benzene rings is 1. The lowest BCUT2D eigenvalue weighted by molar-refractivity contribution is 0.209. The number of amides is 1. The first-order valence-corrected chi connectivity index (χ1v) is 3.35. The van der Waals surface area contributed by atoms with Gasteiger partial charge in [-0.1, -0.05) is 6.07 Å². The van der Waals surface area contributed by atoms with Crippen molar-refractivity contribution >= 4 is 11.8 Å². The molecule has 1 rings (SSSR count). The van der Waals surface area contributed by atoms with Gasteiger partial charge < -0.3 is 5.11 Å². The standard InChI is InChI=1S/C8H8FNO2/c1-5-2-3-6(9)4-7(5)10-8(11)12/h2-4,10H,1H3,(H,11,12). The second-order valence-corrected chi connectivity index (χ2v) is 2.39. The SMILES string of the molecule is Cc1ccc(F)cc1NC(=O)O. The van der Waals surface area contributed by atoms with Crippen LogP contribution in [-0.4, -0.2) is 11.2 Å². The van der Waals surface area contributed by atoms with Gasteiger partial charge in [-0.15, -0.1) is 0 Å². The van der Waals surface area contributed by atoms with Crippen LogP contribution in [0.4, 0.5) is 14.9 Å². The van der Waals surface area contributed by atoms with E-state index in [-0.39, 0.29) is 5.69 Å². The maximum absolute atomic E-state index is 12.6. The molecule has 0 spiro atoms. The third kappa shape index (κ3) is 1.95. The Kier molecular flexibility index (Phi) is 2.28. The summed E-state index contributed by atoms with van der Waals surface area (Å²) in [5.74, 6) is -0.454. The van der Waals surface area contributed by atoms with Crippen LogP contribution in [0.3, 0.4) is 0 Å². The molecule has 64 valence electrons. The Hall–Kier alpha value is -1.58. The quantitative estimate of drug-likeness (QED) is 0.677. The van der Waals surface area contributed by atoms with Gasteiger partial charge in [-0.05, 0) is 24.6 Å². The average Bonchev–Trinajstić information content (AvgIpc) is 1.96. The van der Waals surface area contributed by atoms with Gasteiger partial charge in [0.1, 0.15) is 5.82 Å². The van der Waals surface area contributed by atoms with Crippen LogP contribution in [0.1, 0.15) is 5.56 Å². The molecule has 3 nitrogen and oxygen atoms in total. The molecule has 0 radical (unpaired) electrons. The van der Waals surface area contributed by atoms with Crippen molar-refractivity contribution < 1.29 is 14.3 Å². The zero-order chi connectivity index (χ0) is 9.14. The summed E-state index contributed by atoms with van der Waals surface area (Å²) in [6.07, 6.45) is -1.19. The fourth-order valence-electron chi connectivity index (χ4n) is 0.844. The summed E-state index contributed by atoms with van der Waals surface area (Å²) in [6.45, 7) is 1.70. The van der Waals surface area contributed by atoms with Crippen molar-refractivity contribution in [1.82, 2.24) is 0 Å². The van der Waals surface area contributed by atoms with Crippen LogP contribution in [0.5, 0.6) is 0 Å². The van der Waals surface area contributed by atoms with Crippen molar-refractivity contribution in [1.29, 1.82) is 0 Å². The number of carbonyl (C=O) groups is 1. The molecule has 0 aliphatic carbocycles. The minimum absolute atomic E-state index is 0.280. The number of carboxylic acid groups (broad SMARTS) is 1. The molecular formula is C8H8FNO2. The Morgan fingerprint density at radius 3 is 2.83 bits per heavy atom. The van der Waals surface area contributed by atoms with Gasteiger partial charge in [0.25, 0.3) is 0 Å². The first-order valence-electron chi connectivity index (χ1n) is 3.35. The monoisotopic (exact) mass is 169 g/mol. The summed E-state index contributed by atoms with van der Waals surface area (Å²) in [5.41, 5.74) is 0.973. The molecule has 0 aliphatic rings. The van der Waals surface area contributed by atoms with E-state index in [0.29, 0.717) is 5.56 Å². The minimum Gasteiger partial charge on any atom is -0.465 e. The molecule has 2 N–H and O–H groups in total. The van der Waals surface area contributed by atoms with Gasteiger partial charge >= 0.3 is 6.09 Å². The first kappa shape index (κ1) is 8.52. The molecule has 1 aromatic carbocycles. The Morgan fingerprint density at radius 2 is 2.25 bits per heavy atom. The van der Waals surface area contributed by atoms with Crippen molar-refractivity contribution in [3.63, 3.8) is 0 Å². The van der Waals surface area contributed by atoms with Crippen molar-refractivity contribution in [3.05, 3.63) is 29.6 Å². The number of halogens is 1. The second-order valence-electron chi connectivity index (χ2n) is 2.39. The van der Waals surface area contributed by atoms with Crippen LogP contribution in [-0.2, 0) is 0 Å². The average molecular weight is 169 g/mol. The van der Waals surface area contributed by atoms with Gasteiger partial charge in [-0.3, -0.25) is 5.32 Å². The summed E-state index contributed by atoms with van der Waals surface area (Å²) in [4.78, 5) is 10.2. The van der Waals surface area contributed by atoms with Gasteiger partial charge in [0, 0.05) is 5.69 Å². The van der Waals surface area contributed by atoms with Gasteiger partial charge in [0.15, 0.2) is 0 Å². The largest absolute Gasteiger partial charge is 0.465 e. The van der Waals surface area contributed by atoms with Gasteiger partial charge in [-0.2, -0.15) is 0 Å². The zero-order valence-corrected chi connectivity index (χ0v) is 6.47. The van der Waals surface area contributed by atoms with E-state index in [0.717, 1.165) is 6.07 Å². The summed E-state index contributed by atoms with van der Waals surface area (Å²) in [5, 5.41) is 10.4. The molecule has 0 atom stereocenters. The molecule has 12 heavy (non-hydrogen) atoms. The molecule has 0 bridgehead atoms. The van der Waals surface area contributed by atoms with Crippen molar-refractivity contribution in [3.8, 4) is 0 Å². The molecule has 4 heteroatoms. The maximum atomic E-state index is 12.6. The van der Waals surface area contributed by atoms with E-state index in [1.807, 2.05) is 0 Å². The fraction of sp³-hybridized carbons (Fsp3) is 0.125. The van der Waals surface area contributed by atoms with Crippen molar-refractivity contribution in [2.45, 2.75) is 6.92 Å². The predicted octanol–water partition coefficient (Wildman–Crippen LogP) is 2.22. The molecule has 0 unspecified atom stereocenters. The van der Waals surface area contributed by atoms with Crippen LogP contribution < -0.4 is 5.32 Å². The molecule has 1 aromatic rings. The predicted molar refractivity (Wildman–Crippen MR) is 42.8 cm³/mol. The number of hydrogen-bond acceptors (Lipinski definition) is 1. The van der Waals surface area contributed by atoms with Gasteiger partial charge in [0.05, 0.1) is 0 Å². The van der Waals surface area contributed by atoms with Crippen LogP contribution in [0, 0.1) is 12.7 Å². The van der Waals surface area contributed by atoms with Crippen LogP contribution in [0.15, 0.2) is 18.2 Å². The summed E-state index contributed by atoms with van der Waals surface area (Å²) in [6, 6.07) is 3.94. The molecule has 0 aromatic heterocycles. The fourth-order valence-corrected chi connectivity index (χ4v) is 0.844. The number of nitrogens with one attached hydrogen (secondary N) is 1. The van der Waals surface area contributed by atoms with Crippen LogP contribution in [0.2, 0.25) is 0 Å². The van der Waals surface area contributed by atoms with Crippen LogP contribution >= 0.6 is 0 Å². The maximum Gasteiger partial charge on any atom is 0.409 e. The van der Waals surface area contributed by atoms with E-state index >= 15 is 0 Å². The Bertz CT molecular complexity index is 312. The normalized spacial score (nSPS) is 9.50. The third-order valence-electron chi connectivity index (χ3n) is 1.44. The zero-order valence-electron chi connectivity index (χ0n) is 6.47. The van der Waals surface area contributed by atoms with E-state index < -0.39 is 11.9 Å². The lowest BCUT2D eigenvalue weighted by Gasteiger charge is -2.03. The van der Waals surface area contributed by atoms with Crippen molar-refractivity contribution in [2.24, 2.45) is 0 Å². The van der Waals surface area contributed by atoms with E-state index in [9.17, 15) is 9.18 Å². The topological polar surface area (TPSA) is 49.3 Å². The highest BCUT2D eigenvalue weighted by Gasteiger charge is 2.02. The summed E-state index contributed by atoms with van der Waals surface area (Å²) < 4.78 is 12.6. The van der Waals surface area contributed by atoms with E-state index in [1.54, 1.807) is 6.92 Å². The van der Waals surface area contributed by atoms with Gasteiger partial charge in [-0.25, -0.2) is 9.18 Å². The number of aryl methyl sites for hydroxylation is 1. The minimum atomic E-state index is -1.19. The second kappa shape index (κ2) is 3.21. The van der Waals surface area contributed by atoms with E-state index in [4.69, 9.17) is 5.11 Å². The molecule has 0 heterocycles. The van der Waals surface area contributed by atoms with E-state index in [1.165, 1.54) is 12.1 Å². The molecule has 1 amide bonds. The number of hydrogen-bond donors (Lipinski definition) is 2. The Balaban J connectivity index is 2.97. The molecule has 0 fully saturated rings. The van der Waals surface area contributed by atoms with E-state index in [2.05, 4.69) is 5.32 Å². The number of rotatable bonds is 1. The third-order valence-corrected chi connectivity index (χ3v) is 1.44. The molecule has 0 saturated carbocycles. The smallest absolute Gasteiger partial charge is 0.409 e. The molecule has 0 aliphatic heterocycles. The Morgan fingerprint density at radius 1 is 1.58 bits per heavy atom. The van der Waals surface area contributed by atoms with Crippen LogP contribution in [0.25, 0.3) is 0 Å².